The van der Waals surface area contributed by atoms with E-state index >= 15 is 0 Å². The van der Waals surface area contributed by atoms with Crippen molar-refractivity contribution >= 4 is 5.97 Å². The molecule has 0 heterocycles. The molecule has 3 nitrogen and oxygen atoms in total. The van der Waals surface area contributed by atoms with Crippen LogP contribution in [0.2, 0.25) is 0 Å². The Hall–Kier alpha value is -0.570. The molecule has 0 aromatic carbocycles. The Bertz CT molecular complexity index is 240. The number of aliphatic hydroxyl groups is 1. The van der Waals surface area contributed by atoms with Crippen LogP contribution in [-0.4, -0.2) is 22.3 Å². The number of carbonyl (C=O) groups is 1. The summed E-state index contributed by atoms with van der Waals surface area (Å²) in [6.07, 6.45) is 6.88. The minimum absolute atomic E-state index is 0.409. The van der Waals surface area contributed by atoms with Gasteiger partial charge in [-0.1, -0.05) is 39.5 Å². The monoisotopic (exact) mass is 242 g/mol. The molecule has 0 radical (unpaired) electrons. The second-order valence-corrected chi connectivity index (χ2v) is 5.54. The van der Waals surface area contributed by atoms with Gasteiger partial charge >= 0.3 is 5.97 Å². The normalized spacial score (nSPS) is 19.5. The van der Waals surface area contributed by atoms with Crippen molar-refractivity contribution in [3.8, 4) is 0 Å². The molecular formula is C14H26O3. The van der Waals surface area contributed by atoms with Gasteiger partial charge in [-0.15, -0.1) is 0 Å². The fourth-order valence-corrected chi connectivity index (χ4v) is 3.09. The quantitative estimate of drug-likeness (QED) is 0.720. The molecule has 1 fully saturated rings. The van der Waals surface area contributed by atoms with E-state index in [0.717, 1.165) is 6.42 Å². The molecule has 0 aromatic rings. The van der Waals surface area contributed by atoms with Crippen molar-refractivity contribution in [3.63, 3.8) is 0 Å². The highest BCUT2D eigenvalue weighted by Crippen LogP contribution is 2.36. The molecule has 1 unspecified atom stereocenters. The van der Waals surface area contributed by atoms with Crippen LogP contribution in [0.5, 0.6) is 0 Å². The summed E-state index contributed by atoms with van der Waals surface area (Å²) >= 11 is 0. The Kier molecular flexibility index (Phi) is 5.44. The lowest BCUT2D eigenvalue weighted by molar-refractivity contribution is -0.151. The Labute approximate surface area is 104 Å². The van der Waals surface area contributed by atoms with Crippen molar-refractivity contribution in [2.75, 3.05) is 0 Å². The SMILES string of the molecule is CCC(CC)(CC(O)CC1CCCC1)C(=O)O. The zero-order valence-corrected chi connectivity index (χ0v) is 11.1. The lowest BCUT2D eigenvalue weighted by Gasteiger charge is -2.30. The van der Waals surface area contributed by atoms with Crippen molar-refractivity contribution in [3.05, 3.63) is 0 Å². The maximum Gasteiger partial charge on any atom is 0.309 e. The van der Waals surface area contributed by atoms with Crippen LogP contribution >= 0.6 is 0 Å². The van der Waals surface area contributed by atoms with Crippen LogP contribution in [0.3, 0.4) is 0 Å². The van der Waals surface area contributed by atoms with Gasteiger partial charge in [0.05, 0.1) is 11.5 Å². The molecule has 1 rings (SSSR count). The van der Waals surface area contributed by atoms with Crippen LogP contribution < -0.4 is 0 Å². The van der Waals surface area contributed by atoms with E-state index in [1.54, 1.807) is 0 Å². The lowest BCUT2D eigenvalue weighted by Crippen LogP contribution is -2.34. The van der Waals surface area contributed by atoms with Gasteiger partial charge in [-0.05, 0) is 31.6 Å². The molecular weight excluding hydrogens is 216 g/mol. The summed E-state index contributed by atoms with van der Waals surface area (Å²) in [5.41, 5.74) is -0.724. The third kappa shape index (κ3) is 3.70. The summed E-state index contributed by atoms with van der Waals surface area (Å²) in [6.45, 7) is 3.81. The van der Waals surface area contributed by atoms with Crippen molar-refractivity contribution in [2.24, 2.45) is 11.3 Å². The molecule has 0 saturated heterocycles. The molecule has 0 aliphatic heterocycles. The van der Waals surface area contributed by atoms with Crippen LogP contribution in [0.4, 0.5) is 0 Å². The molecule has 1 aliphatic carbocycles. The predicted molar refractivity (Wildman–Crippen MR) is 67.8 cm³/mol. The molecule has 1 atom stereocenters. The summed E-state index contributed by atoms with van der Waals surface area (Å²) < 4.78 is 0. The summed E-state index contributed by atoms with van der Waals surface area (Å²) in [4.78, 5) is 11.3. The van der Waals surface area contributed by atoms with E-state index in [1.807, 2.05) is 13.8 Å². The van der Waals surface area contributed by atoms with Crippen LogP contribution in [0.1, 0.15) is 65.2 Å². The summed E-state index contributed by atoms with van der Waals surface area (Å²) in [5, 5.41) is 19.4. The van der Waals surface area contributed by atoms with Crippen LogP contribution in [-0.2, 0) is 4.79 Å². The number of aliphatic hydroxyl groups excluding tert-OH is 1. The average molecular weight is 242 g/mol. The van der Waals surface area contributed by atoms with E-state index in [9.17, 15) is 15.0 Å². The Morgan fingerprint density at radius 3 is 2.24 bits per heavy atom. The highest BCUT2D eigenvalue weighted by Gasteiger charge is 2.37. The zero-order chi connectivity index (χ0) is 12.9. The second kappa shape index (κ2) is 6.39. The van der Waals surface area contributed by atoms with Crippen LogP contribution in [0.15, 0.2) is 0 Å². The number of carboxylic acids is 1. The highest BCUT2D eigenvalue weighted by atomic mass is 16.4. The number of rotatable bonds is 7. The molecule has 3 heteroatoms. The summed E-state index contributed by atoms with van der Waals surface area (Å²) in [6, 6.07) is 0. The molecule has 0 aromatic heterocycles. The second-order valence-electron chi connectivity index (χ2n) is 5.54. The smallest absolute Gasteiger partial charge is 0.309 e. The minimum Gasteiger partial charge on any atom is -0.481 e. The van der Waals surface area contributed by atoms with Gasteiger partial charge in [0.2, 0.25) is 0 Å². The largest absolute Gasteiger partial charge is 0.481 e. The molecule has 0 bridgehead atoms. The van der Waals surface area contributed by atoms with E-state index in [1.165, 1.54) is 25.7 Å². The topological polar surface area (TPSA) is 57.5 Å². The van der Waals surface area contributed by atoms with Crippen LogP contribution in [0.25, 0.3) is 0 Å². The molecule has 100 valence electrons. The number of hydrogen-bond acceptors (Lipinski definition) is 2. The predicted octanol–water partition coefficient (Wildman–Crippen LogP) is 3.21. The number of aliphatic carboxylic acids is 1. The van der Waals surface area contributed by atoms with Crippen molar-refractivity contribution in [1.29, 1.82) is 0 Å². The standard InChI is InChI=1S/C14H26O3/c1-3-14(4-2,13(16)17)10-12(15)9-11-7-5-6-8-11/h11-12,15H,3-10H2,1-2H3,(H,16,17). The molecule has 0 spiro atoms. The first kappa shape index (κ1) is 14.5. The zero-order valence-electron chi connectivity index (χ0n) is 11.1. The first-order valence-electron chi connectivity index (χ1n) is 6.95. The van der Waals surface area contributed by atoms with Gasteiger partial charge in [-0.3, -0.25) is 4.79 Å². The van der Waals surface area contributed by atoms with Gasteiger partial charge in [-0.25, -0.2) is 0 Å². The lowest BCUT2D eigenvalue weighted by atomic mass is 9.76. The Balaban J connectivity index is 2.51. The summed E-state index contributed by atoms with van der Waals surface area (Å²) in [5.74, 6) is -0.141. The van der Waals surface area contributed by atoms with Gasteiger partial charge in [-0.2, -0.15) is 0 Å². The van der Waals surface area contributed by atoms with E-state index in [4.69, 9.17) is 0 Å². The van der Waals surface area contributed by atoms with Crippen molar-refractivity contribution < 1.29 is 15.0 Å². The van der Waals surface area contributed by atoms with Crippen molar-refractivity contribution in [1.82, 2.24) is 0 Å². The minimum atomic E-state index is -0.757. The molecule has 17 heavy (non-hydrogen) atoms. The van der Waals surface area contributed by atoms with E-state index in [0.29, 0.717) is 25.2 Å². The van der Waals surface area contributed by atoms with E-state index < -0.39 is 17.5 Å². The number of carboxylic acid groups (broad SMARTS) is 1. The van der Waals surface area contributed by atoms with Crippen LogP contribution in [0, 0.1) is 11.3 Å². The first-order chi connectivity index (χ1) is 8.04. The van der Waals surface area contributed by atoms with Gasteiger partial charge in [0.25, 0.3) is 0 Å². The first-order valence-corrected chi connectivity index (χ1v) is 6.95. The Morgan fingerprint density at radius 1 is 1.29 bits per heavy atom. The molecule has 1 aliphatic rings. The maximum absolute atomic E-state index is 11.3. The van der Waals surface area contributed by atoms with Gasteiger partial charge in [0.15, 0.2) is 0 Å². The average Bonchev–Trinajstić information content (AvgIpc) is 2.78. The third-order valence-corrected chi connectivity index (χ3v) is 4.51. The number of hydrogen-bond donors (Lipinski definition) is 2. The van der Waals surface area contributed by atoms with E-state index in [-0.39, 0.29) is 0 Å². The fraction of sp³-hybridized carbons (Fsp3) is 0.929. The van der Waals surface area contributed by atoms with Gasteiger partial charge < -0.3 is 10.2 Å². The molecule has 0 amide bonds. The third-order valence-electron chi connectivity index (χ3n) is 4.51. The maximum atomic E-state index is 11.3. The molecule has 1 saturated carbocycles. The molecule has 2 N–H and O–H groups in total. The van der Waals surface area contributed by atoms with E-state index in [2.05, 4.69) is 0 Å². The summed E-state index contributed by atoms with van der Waals surface area (Å²) in [7, 11) is 0. The van der Waals surface area contributed by atoms with Crippen molar-refractivity contribution in [2.45, 2.75) is 71.3 Å². The van der Waals surface area contributed by atoms with Gasteiger partial charge in [0, 0.05) is 0 Å². The Morgan fingerprint density at radius 2 is 1.82 bits per heavy atom. The fourth-order valence-electron chi connectivity index (χ4n) is 3.09. The van der Waals surface area contributed by atoms with Gasteiger partial charge in [0.1, 0.15) is 0 Å². The highest BCUT2D eigenvalue weighted by molar-refractivity contribution is 5.74.